The maximum atomic E-state index is 13.7. The predicted molar refractivity (Wildman–Crippen MR) is 139 cm³/mol. The molecule has 2 atom stereocenters. The average molecular weight is 523 g/mol. The van der Waals surface area contributed by atoms with Gasteiger partial charge in [0.25, 0.3) is 11.8 Å². The molecule has 0 saturated heterocycles. The van der Waals surface area contributed by atoms with Crippen molar-refractivity contribution >= 4 is 38.9 Å². The zero-order valence-electron chi connectivity index (χ0n) is 19.9. The van der Waals surface area contributed by atoms with Crippen LogP contribution < -0.4 is 10.2 Å². The molecule has 0 radical (unpaired) electrons. The monoisotopic (exact) mass is 522 g/mol. The van der Waals surface area contributed by atoms with Crippen LogP contribution in [0.4, 0.5) is 5.69 Å². The molecule has 0 spiro atoms. The molecule has 5 rings (SSSR count). The van der Waals surface area contributed by atoms with Crippen LogP contribution in [0.15, 0.2) is 76.5 Å². The van der Waals surface area contributed by atoms with Crippen molar-refractivity contribution < 1.29 is 18.0 Å². The van der Waals surface area contributed by atoms with E-state index in [1.54, 1.807) is 36.4 Å². The summed E-state index contributed by atoms with van der Waals surface area (Å²) in [6.07, 6.45) is 4.21. The van der Waals surface area contributed by atoms with Crippen LogP contribution in [0.2, 0.25) is 5.02 Å². The maximum Gasteiger partial charge on any atom is 0.259 e. The molecule has 3 aromatic rings. The number of benzene rings is 3. The van der Waals surface area contributed by atoms with Crippen molar-refractivity contribution in [3.8, 4) is 0 Å². The van der Waals surface area contributed by atoms with E-state index in [1.807, 2.05) is 0 Å². The van der Waals surface area contributed by atoms with E-state index in [0.29, 0.717) is 16.5 Å². The summed E-state index contributed by atoms with van der Waals surface area (Å²) in [4.78, 5) is 28.3. The largest absolute Gasteiger partial charge is 0.349 e. The van der Waals surface area contributed by atoms with Gasteiger partial charge in [-0.25, -0.2) is 8.42 Å². The van der Waals surface area contributed by atoms with Gasteiger partial charge in [-0.2, -0.15) is 0 Å². The van der Waals surface area contributed by atoms with Crippen molar-refractivity contribution in [3.63, 3.8) is 0 Å². The van der Waals surface area contributed by atoms with Gasteiger partial charge < -0.3 is 10.2 Å². The molecular weight excluding hydrogens is 496 g/mol. The first kappa shape index (κ1) is 24.5. The van der Waals surface area contributed by atoms with Gasteiger partial charge in [0.15, 0.2) is 0 Å². The first-order valence-corrected chi connectivity index (χ1v) is 14.0. The Balaban J connectivity index is 1.60. The van der Waals surface area contributed by atoms with Crippen LogP contribution in [0.25, 0.3) is 0 Å². The van der Waals surface area contributed by atoms with Gasteiger partial charge in [-0.1, -0.05) is 55.6 Å². The van der Waals surface area contributed by atoms with E-state index in [0.717, 1.165) is 31.2 Å². The highest BCUT2D eigenvalue weighted by atomic mass is 35.5. The van der Waals surface area contributed by atoms with Crippen molar-refractivity contribution in [1.82, 2.24) is 5.32 Å². The van der Waals surface area contributed by atoms with Crippen LogP contribution in [0.3, 0.4) is 0 Å². The van der Waals surface area contributed by atoms with Crippen LogP contribution in [0.5, 0.6) is 0 Å². The number of anilines is 1. The Morgan fingerprint density at radius 2 is 1.72 bits per heavy atom. The van der Waals surface area contributed by atoms with Crippen molar-refractivity contribution in [2.75, 3.05) is 4.90 Å². The molecule has 2 amide bonds. The molecule has 36 heavy (non-hydrogen) atoms. The molecule has 1 N–H and O–H groups in total. The molecule has 1 fully saturated rings. The van der Waals surface area contributed by atoms with Crippen LogP contribution in [0, 0.1) is 5.92 Å². The van der Waals surface area contributed by atoms with E-state index in [4.69, 9.17) is 11.6 Å². The minimum absolute atomic E-state index is 0.00246. The highest BCUT2D eigenvalue weighted by Crippen LogP contribution is 2.38. The Bertz CT molecular complexity index is 1440. The topological polar surface area (TPSA) is 83.6 Å². The minimum atomic E-state index is -4.00. The van der Waals surface area contributed by atoms with Gasteiger partial charge in [0.1, 0.15) is 0 Å². The van der Waals surface area contributed by atoms with Crippen LogP contribution in [-0.2, 0) is 16.4 Å². The van der Waals surface area contributed by atoms with Crippen molar-refractivity contribution in [1.29, 1.82) is 0 Å². The summed E-state index contributed by atoms with van der Waals surface area (Å²) in [5.41, 5.74) is 1.39. The van der Waals surface area contributed by atoms with Gasteiger partial charge in [0.05, 0.1) is 27.6 Å². The summed E-state index contributed by atoms with van der Waals surface area (Å²) in [6.45, 7) is 2.26. The van der Waals surface area contributed by atoms with Gasteiger partial charge in [0, 0.05) is 16.6 Å². The van der Waals surface area contributed by atoms with Crippen molar-refractivity contribution in [2.45, 2.75) is 55.0 Å². The van der Waals surface area contributed by atoms with Crippen LogP contribution in [0.1, 0.15) is 58.9 Å². The third-order valence-corrected chi connectivity index (χ3v) is 9.25. The highest BCUT2D eigenvalue weighted by molar-refractivity contribution is 7.91. The van der Waals surface area contributed by atoms with Gasteiger partial charge in [-0.3, -0.25) is 9.59 Å². The second-order valence-corrected chi connectivity index (χ2v) is 11.9. The summed E-state index contributed by atoms with van der Waals surface area (Å²) in [5, 5.41) is 3.68. The van der Waals surface area contributed by atoms with Gasteiger partial charge in [0.2, 0.25) is 9.84 Å². The number of amides is 2. The summed E-state index contributed by atoms with van der Waals surface area (Å²) in [6, 6.07) is 17.8. The minimum Gasteiger partial charge on any atom is -0.349 e. The zero-order chi connectivity index (χ0) is 25.4. The Morgan fingerprint density at radius 3 is 2.47 bits per heavy atom. The molecule has 0 unspecified atom stereocenters. The third-order valence-electron chi connectivity index (χ3n) is 7.14. The van der Waals surface area contributed by atoms with E-state index < -0.39 is 15.7 Å². The third kappa shape index (κ3) is 4.53. The number of halogens is 1. The number of carbonyl (C=O) groups excluding carboxylic acids is 2. The number of hydrogen-bond acceptors (Lipinski definition) is 4. The van der Waals surface area contributed by atoms with Crippen molar-refractivity contribution in [2.24, 2.45) is 5.92 Å². The molecule has 8 heteroatoms. The molecule has 2 aliphatic rings. The van der Waals surface area contributed by atoms with E-state index in [9.17, 15) is 18.0 Å². The molecule has 1 aliphatic carbocycles. The highest BCUT2D eigenvalue weighted by Gasteiger charge is 2.36. The second kappa shape index (κ2) is 9.71. The number of fused-ring (bicyclic) bond motifs is 2. The lowest BCUT2D eigenvalue weighted by Gasteiger charge is -2.29. The fourth-order valence-corrected chi connectivity index (χ4v) is 6.82. The smallest absolute Gasteiger partial charge is 0.259 e. The van der Waals surface area contributed by atoms with E-state index in [-0.39, 0.29) is 39.5 Å². The Hall–Kier alpha value is -3.16. The SMILES string of the molecule is C[C@@H]1CCCC[C@@H]1NC(=O)c1ccc2c(c1)N(Cc1ccc(Cl)cc1)C(=O)c1ccccc1S2(=O)=O. The van der Waals surface area contributed by atoms with Crippen LogP contribution in [-0.4, -0.2) is 26.3 Å². The lowest BCUT2D eigenvalue weighted by atomic mass is 9.86. The summed E-state index contributed by atoms with van der Waals surface area (Å²) >= 11 is 6.04. The Kier molecular flexibility index (Phi) is 6.62. The molecular formula is C28H27ClN2O4S. The number of sulfone groups is 1. The van der Waals surface area contributed by atoms with Gasteiger partial charge >= 0.3 is 0 Å². The summed E-state index contributed by atoms with van der Waals surface area (Å²) < 4.78 is 27.3. The molecule has 6 nitrogen and oxygen atoms in total. The van der Waals surface area contributed by atoms with E-state index in [1.165, 1.54) is 35.2 Å². The molecule has 186 valence electrons. The maximum absolute atomic E-state index is 13.7. The van der Waals surface area contributed by atoms with Gasteiger partial charge in [-0.05, 0) is 66.8 Å². The fourth-order valence-electron chi connectivity index (χ4n) is 5.06. The molecule has 1 heterocycles. The normalized spacial score (nSPS) is 20.7. The lowest BCUT2D eigenvalue weighted by Crippen LogP contribution is -2.41. The number of nitrogens with one attached hydrogen (secondary N) is 1. The quantitative estimate of drug-likeness (QED) is 0.480. The first-order chi connectivity index (χ1) is 17.3. The summed E-state index contributed by atoms with van der Waals surface area (Å²) in [7, 11) is -4.00. The molecule has 0 bridgehead atoms. The summed E-state index contributed by atoms with van der Waals surface area (Å²) in [5.74, 6) is -0.336. The van der Waals surface area contributed by atoms with Crippen molar-refractivity contribution in [3.05, 3.63) is 88.4 Å². The van der Waals surface area contributed by atoms with E-state index in [2.05, 4.69) is 12.2 Å². The molecule has 3 aromatic carbocycles. The number of rotatable bonds is 4. The lowest BCUT2D eigenvalue weighted by molar-refractivity contribution is 0.0908. The number of carbonyl (C=O) groups is 2. The molecule has 0 aromatic heterocycles. The fraction of sp³-hybridized carbons (Fsp3) is 0.286. The van der Waals surface area contributed by atoms with Gasteiger partial charge in [-0.15, -0.1) is 0 Å². The standard InChI is InChI=1S/C28H27ClN2O4S/c1-18-6-2-4-8-23(18)30-27(32)20-12-15-26-24(16-20)31(17-19-10-13-21(29)14-11-19)28(33)22-7-3-5-9-25(22)36(26,34)35/h3,5,7,9-16,18,23H,2,4,6,8,17H2,1H3,(H,30,32)/t18-,23+/m1/s1. The first-order valence-electron chi connectivity index (χ1n) is 12.1. The zero-order valence-corrected chi connectivity index (χ0v) is 21.5. The average Bonchev–Trinajstić information content (AvgIpc) is 2.94. The van der Waals surface area contributed by atoms with Crippen LogP contribution >= 0.6 is 11.6 Å². The predicted octanol–water partition coefficient (Wildman–Crippen LogP) is 5.64. The Morgan fingerprint density at radius 1 is 1.00 bits per heavy atom. The number of nitrogens with zero attached hydrogens (tertiary/aromatic N) is 1. The molecule has 1 saturated carbocycles. The van der Waals surface area contributed by atoms with E-state index >= 15 is 0 Å². The number of hydrogen-bond donors (Lipinski definition) is 1. The molecule has 1 aliphatic heterocycles. The second-order valence-electron chi connectivity index (χ2n) is 9.54. The Labute approximate surface area is 216 Å².